The van der Waals surface area contributed by atoms with Crippen LogP contribution < -0.4 is 9.64 Å². The number of nitrogens with zero attached hydrogens (tertiary/aromatic N) is 3. The third-order valence-corrected chi connectivity index (χ3v) is 3.91. The van der Waals surface area contributed by atoms with E-state index in [9.17, 15) is 13.2 Å². The number of para-hydroxylation sites is 1. The molecule has 1 fully saturated rings. The van der Waals surface area contributed by atoms with Crippen LogP contribution in [0, 0.1) is 0 Å². The van der Waals surface area contributed by atoms with E-state index in [0.29, 0.717) is 24.6 Å². The smallest absolute Gasteiger partial charge is 0.405 e. The van der Waals surface area contributed by atoms with Gasteiger partial charge in [-0.15, -0.1) is 13.2 Å². The Hall–Kier alpha value is -2.31. The van der Waals surface area contributed by atoms with Crippen molar-refractivity contribution in [2.75, 3.05) is 18.0 Å². The van der Waals surface area contributed by atoms with E-state index in [1.807, 2.05) is 4.90 Å². The minimum atomic E-state index is -4.67. The van der Waals surface area contributed by atoms with Gasteiger partial charge in [0.25, 0.3) is 0 Å². The first-order valence-corrected chi connectivity index (χ1v) is 7.39. The highest BCUT2D eigenvalue weighted by molar-refractivity contribution is 5.38. The van der Waals surface area contributed by atoms with E-state index >= 15 is 0 Å². The van der Waals surface area contributed by atoms with E-state index in [2.05, 4.69) is 14.7 Å². The summed E-state index contributed by atoms with van der Waals surface area (Å²) < 4.78 is 41.7. The summed E-state index contributed by atoms with van der Waals surface area (Å²) in [5.74, 6) is 0.591. The van der Waals surface area contributed by atoms with E-state index in [1.165, 1.54) is 6.07 Å². The molecule has 0 radical (unpaired) electrons. The van der Waals surface area contributed by atoms with Crippen LogP contribution in [0.2, 0.25) is 0 Å². The molecule has 0 aliphatic carbocycles. The predicted octanol–water partition coefficient (Wildman–Crippen LogP) is 3.76. The van der Waals surface area contributed by atoms with Crippen LogP contribution in [0.25, 0.3) is 0 Å². The number of hydrogen-bond donors (Lipinski definition) is 0. The van der Waals surface area contributed by atoms with Gasteiger partial charge in [-0.2, -0.15) is 0 Å². The maximum Gasteiger partial charge on any atom is 0.573 e. The van der Waals surface area contributed by atoms with Gasteiger partial charge in [-0.05, 0) is 36.5 Å². The molecule has 7 heteroatoms. The zero-order chi connectivity index (χ0) is 16.3. The average Bonchev–Trinajstić information content (AvgIpc) is 2.55. The van der Waals surface area contributed by atoms with E-state index in [0.717, 1.165) is 12.8 Å². The van der Waals surface area contributed by atoms with Crippen molar-refractivity contribution in [3.8, 4) is 5.75 Å². The van der Waals surface area contributed by atoms with Crippen molar-refractivity contribution in [1.29, 1.82) is 0 Å². The number of piperidine rings is 1. The fourth-order valence-corrected chi connectivity index (χ4v) is 2.88. The molecular formula is C16H16F3N3O. The maximum absolute atomic E-state index is 12.5. The lowest BCUT2D eigenvalue weighted by atomic mass is 9.89. The van der Waals surface area contributed by atoms with Crippen molar-refractivity contribution in [2.45, 2.75) is 25.1 Å². The van der Waals surface area contributed by atoms with E-state index in [-0.39, 0.29) is 11.7 Å². The lowest BCUT2D eigenvalue weighted by Gasteiger charge is -2.32. The molecule has 23 heavy (non-hydrogen) atoms. The van der Waals surface area contributed by atoms with Gasteiger partial charge >= 0.3 is 6.36 Å². The molecule has 1 saturated heterocycles. The summed E-state index contributed by atoms with van der Waals surface area (Å²) in [4.78, 5) is 10.5. The molecule has 1 aromatic heterocycles. The summed E-state index contributed by atoms with van der Waals surface area (Å²) in [5.41, 5.74) is 0.610. The van der Waals surface area contributed by atoms with Gasteiger partial charge in [-0.1, -0.05) is 18.2 Å². The SMILES string of the molecule is FC(F)(F)Oc1ccccc1C1CCN(c2ncccn2)CC1. The van der Waals surface area contributed by atoms with Crippen LogP contribution in [-0.4, -0.2) is 29.4 Å². The molecule has 0 spiro atoms. The van der Waals surface area contributed by atoms with Crippen LogP contribution in [0.1, 0.15) is 24.3 Å². The number of aromatic nitrogens is 2. The second kappa shape index (κ2) is 6.44. The fourth-order valence-electron chi connectivity index (χ4n) is 2.88. The molecule has 0 atom stereocenters. The second-order valence-electron chi connectivity index (χ2n) is 5.40. The summed E-state index contributed by atoms with van der Waals surface area (Å²) in [6, 6.07) is 8.12. The summed E-state index contributed by atoms with van der Waals surface area (Å²) in [6.07, 6.45) is 0.156. The molecule has 4 nitrogen and oxygen atoms in total. The molecule has 1 aromatic carbocycles. The van der Waals surface area contributed by atoms with Gasteiger partial charge in [-0.3, -0.25) is 0 Å². The van der Waals surface area contributed by atoms with Crippen LogP contribution in [0.5, 0.6) is 5.75 Å². The first-order chi connectivity index (χ1) is 11.0. The molecule has 1 aliphatic heterocycles. The van der Waals surface area contributed by atoms with Gasteiger partial charge in [-0.25, -0.2) is 9.97 Å². The number of hydrogen-bond acceptors (Lipinski definition) is 4. The van der Waals surface area contributed by atoms with Crippen molar-refractivity contribution < 1.29 is 17.9 Å². The standard InChI is InChI=1S/C16H16F3N3O/c17-16(18,19)23-14-5-2-1-4-13(14)12-6-10-22(11-7-12)15-20-8-3-9-21-15/h1-5,8-9,12H,6-7,10-11H2. The minimum absolute atomic E-state index is 0.0357. The number of anilines is 1. The van der Waals surface area contributed by atoms with Crippen molar-refractivity contribution >= 4 is 5.95 Å². The number of alkyl halides is 3. The normalized spacial score (nSPS) is 16.4. The van der Waals surface area contributed by atoms with Crippen LogP contribution in [0.15, 0.2) is 42.7 Å². The zero-order valence-electron chi connectivity index (χ0n) is 12.3. The lowest BCUT2D eigenvalue weighted by molar-refractivity contribution is -0.275. The Morgan fingerprint density at radius 3 is 2.30 bits per heavy atom. The average molecular weight is 323 g/mol. The van der Waals surface area contributed by atoms with Gasteiger partial charge in [0.05, 0.1) is 0 Å². The Balaban J connectivity index is 1.71. The Morgan fingerprint density at radius 2 is 1.65 bits per heavy atom. The molecule has 0 N–H and O–H groups in total. The van der Waals surface area contributed by atoms with Crippen molar-refractivity contribution in [3.63, 3.8) is 0 Å². The summed E-state index contributed by atoms with van der Waals surface area (Å²) >= 11 is 0. The first kappa shape index (κ1) is 15.6. The number of benzene rings is 1. The Morgan fingerprint density at radius 1 is 1.00 bits per heavy atom. The summed E-state index contributed by atoms with van der Waals surface area (Å²) in [6.45, 7) is 1.41. The Bertz CT molecular complexity index is 641. The zero-order valence-corrected chi connectivity index (χ0v) is 12.3. The monoisotopic (exact) mass is 323 g/mol. The number of rotatable bonds is 3. The van der Waals surface area contributed by atoms with E-state index < -0.39 is 6.36 Å². The van der Waals surface area contributed by atoms with Gasteiger partial charge in [0.15, 0.2) is 0 Å². The molecule has 2 aromatic rings. The highest BCUT2D eigenvalue weighted by Gasteiger charge is 2.33. The van der Waals surface area contributed by atoms with Crippen molar-refractivity contribution in [2.24, 2.45) is 0 Å². The lowest BCUT2D eigenvalue weighted by Crippen LogP contribution is -2.34. The van der Waals surface area contributed by atoms with Gasteiger partial charge in [0.2, 0.25) is 5.95 Å². The van der Waals surface area contributed by atoms with E-state index in [1.54, 1.807) is 36.7 Å². The van der Waals surface area contributed by atoms with Crippen molar-refractivity contribution in [3.05, 3.63) is 48.3 Å². The minimum Gasteiger partial charge on any atom is -0.405 e. The topological polar surface area (TPSA) is 38.2 Å². The Kier molecular flexibility index (Phi) is 4.36. The molecule has 0 saturated carbocycles. The predicted molar refractivity (Wildman–Crippen MR) is 79.3 cm³/mol. The first-order valence-electron chi connectivity index (χ1n) is 7.39. The molecule has 0 unspecified atom stereocenters. The molecule has 2 heterocycles. The van der Waals surface area contributed by atoms with E-state index in [4.69, 9.17) is 0 Å². The van der Waals surface area contributed by atoms with Gasteiger partial charge in [0.1, 0.15) is 5.75 Å². The summed E-state index contributed by atoms with van der Waals surface area (Å²) in [7, 11) is 0. The summed E-state index contributed by atoms with van der Waals surface area (Å²) in [5, 5.41) is 0. The highest BCUT2D eigenvalue weighted by atomic mass is 19.4. The molecule has 0 amide bonds. The molecule has 3 rings (SSSR count). The van der Waals surface area contributed by atoms with Crippen LogP contribution >= 0.6 is 0 Å². The van der Waals surface area contributed by atoms with Crippen LogP contribution in [-0.2, 0) is 0 Å². The maximum atomic E-state index is 12.5. The largest absolute Gasteiger partial charge is 0.573 e. The van der Waals surface area contributed by atoms with Crippen LogP contribution in [0.3, 0.4) is 0 Å². The number of halogens is 3. The molecule has 0 bridgehead atoms. The fraction of sp³-hybridized carbons (Fsp3) is 0.375. The molecular weight excluding hydrogens is 307 g/mol. The second-order valence-corrected chi connectivity index (χ2v) is 5.40. The number of ether oxygens (including phenoxy) is 1. The molecule has 122 valence electrons. The van der Waals surface area contributed by atoms with Gasteiger partial charge < -0.3 is 9.64 Å². The van der Waals surface area contributed by atoms with Crippen LogP contribution in [0.4, 0.5) is 19.1 Å². The highest BCUT2D eigenvalue weighted by Crippen LogP contribution is 2.36. The quantitative estimate of drug-likeness (QED) is 0.862. The third kappa shape index (κ3) is 3.91. The Labute approximate surface area is 131 Å². The van der Waals surface area contributed by atoms with Crippen molar-refractivity contribution in [1.82, 2.24) is 9.97 Å². The van der Waals surface area contributed by atoms with Gasteiger partial charge in [0, 0.05) is 25.5 Å². The third-order valence-electron chi connectivity index (χ3n) is 3.91. The molecule has 1 aliphatic rings.